The van der Waals surface area contributed by atoms with Crippen LogP contribution in [0.25, 0.3) is 16.7 Å². The zero-order valence-electron chi connectivity index (χ0n) is 32.9. The lowest BCUT2D eigenvalue weighted by atomic mass is 9.80. The quantitative estimate of drug-likeness (QED) is 0.283. The Bertz CT molecular complexity index is 2370. The van der Waals surface area contributed by atoms with Crippen LogP contribution >= 0.6 is 0 Å². The molecule has 1 fully saturated rings. The van der Waals surface area contributed by atoms with Crippen molar-refractivity contribution in [1.82, 2.24) is 9.48 Å². The smallest absolute Gasteiger partial charge is 0.306 e. The summed E-state index contributed by atoms with van der Waals surface area (Å²) in [6.45, 7) is 22.3. The van der Waals surface area contributed by atoms with Gasteiger partial charge in [-0.15, -0.1) is 0 Å². The van der Waals surface area contributed by atoms with E-state index in [1.807, 2.05) is 17.0 Å². The number of carboxylic acid groups (broad SMARTS) is 1. The van der Waals surface area contributed by atoms with Crippen molar-refractivity contribution < 1.29 is 14.7 Å². The lowest BCUT2D eigenvalue weighted by molar-refractivity contribution is -0.143. The summed E-state index contributed by atoms with van der Waals surface area (Å²) in [4.78, 5) is 31.1. The van der Waals surface area contributed by atoms with Crippen molar-refractivity contribution in [3.8, 4) is 0 Å². The minimum absolute atomic E-state index is 0.00807. The minimum Gasteiger partial charge on any atom is -0.481 e. The molecule has 1 amide bonds. The Kier molecular flexibility index (Phi) is 7.58. The summed E-state index contributed by atoms with van der Waals surface area (Å²) in [5.74, 6) is -1.14. The average Bonchev–Trinajstić information content (AvgIpc) is 3.11. The van der Waals surface area contributed by atoms with E-state index in [1.165, 1.54) is 60.8 Å². The molecule has 0 aliphatic carbocycles. The van der Waals surface area contributed by atoms with Gasteiger partial charge in [-0.3, -0.25) is 9.59 Å². The van der Waals surface area contributed by atoms with E-state index in [1.54, 1.807) is 10.4 Å². The van der Waals surface area contributed by atoms with Gasteiger partial charge in [-0.1, -0.05) is 37.4 Å². The van der Waals surface area contributed by atoms with Crippen LogP contribution in [-0.4, -0.2) is 67.2 Å². The summed E-state index contributed by atoms with van der Waals surface area (Å²) < 4.78 is 2.68. The molecule has 0 bridgehead atoms. The Morgan fingerprint density at radius 2 is 1.53 bits per heavy atom. The highest BCUT2D eigenvalue weighted by molar-refractivity contribution is 7.02. The van der Waals surface area contributed by atoms with Crippen LogP contribution in [0.1, 0.15) is 111 Å². The van der Waals surface area contributed by atoms with E-state index in [9.17, 15) is 14.7 Å². The number of rotatable bonds is 3. The molecule has 0 saturated carbocycles. The molecule has 53 heavy (non-hydrogen) atoms. The normalized spacial score (nSPS) is 21.9. The zero-order valence-corrected chi connectivity index (χ0v) is 33.9. The maximum Gasteiger partial charge on any atom is 0.306 e. The second kappa shape index (κ2) is 11.6. The van der Waals surface area contributed by atoms with Crippen molar-refractivity contribution >= 4 is 52.7 Å². The molecule has 6 heterocycles. The molecular weight excluding hydrogens is 671 g/mol. The Balaban J connectivity index is 1.40. The van der Waals surface area contributed by atoms with Crippen molar-refractivity contribution in [2.75, 3.05) is 31.1 Å². The van der Waals surface area contributed by atoms with Gasteiger partial charge in [-0.2, -0.15) is 0 Å². The van der Waals surface area contributed by atoms with Gasteiger partial charge in [-0.25, -0.2) is 4.58 Å². The van der Waals surface area contributed by atoms with Crippen LogP contribution in [0.3, 0.4) is 0 Å². The third-order valence-electron chi connectivity index (χ3n) is 13.7. The molecule has 1 N–H and O–H groups in total. The highest BCUT2D eigenvalue weighted by atomic mass is 28.3. The van der Waals surface area contributed by atoms with Gasteiger partial charge >= 0.3 is 5.97 Å². The maximum absolute atomic E-state index is 14.7. The first kappa shape index (κ1) is 34.5. The number of piperidine rings is 1. The highest BCUT2D eigenvalue weighted by Gasteiger charge is 2.47. The topological polar surface area (TPSA) is 63.9 Å². The number of carbonyl (C=O) groups is 2. The molecule has 0 aromatic heterocycles. The number of allylic oxidation sites excluding steroid dienone is 2. The van der Waals surface area contributed by atoms with Gasteiger partial charge in [0.1, 0.15) is 14.6 Å². The van der Waals surface area contributed by atoms with E-state index in [4.69, 9.17) is 0 Å². The Morgan fingerprint density at radius 1 is 0.830 bits per heavy atom. The van der Waals surface area contributed by atoms with Crippen LogP contribution < -0.4 is 30.4 Å². The highest BCUT2D eigenvalue weighted by Crippen LogP contribution is 2.46. The molecule has 0 radical (unpaired) electrons. The lowest BCUT2D eigenvalue weighted by Gasteiger charge is -2.49. The average molecular weight is 725 g/mol. The van der Waals surface area contributed by atoms with Crippen molar-refractivity contribution in [2.24, 2.45) is 5.92 Å². The van der Waals surface area contributed by atoms with E-state index in [2.05, 4.69) is 101 Å². The number of benzene rings is 3. The fourth-order valence-electron chi connectivity index (χ4n) is 11.5. The number of carbonyl (C=O) groups excluding carboxylic acids is 1. The summed E-state index contributed by atoms with van der Waals surface area (Å²) in [5.41, 5.74) is 14.0. The van der Waals surface area contributed by atoms with Gasteiger partial charge < -0.3 is 14.9 Å². The molecule has 3 aromatic rings. The summed E-state index contributed by atoms with van der Waals surface area (Å²) in [7, 11) is -2.34. The summed E-state index contributed by atoms with van der Waals surface area (Å²) >= 11 is 0. The monoisotopic (exact) mass is 724 g/mol. The molecule has 0 unspecified atom stereocenters. The summed E-state index contributed by atoms with van der Waals surface area (Å²) in [5, 5.41) is 15.6. The number of nitrogens with zero attached hydrogens (tertiary/aromatic N) is 3. The van der Waals surface area contributed by atoms with E-state index < -0.39 is 14.0 Å². The summed E-state index contributed by atoms with van der Waals surface area (Å²) in [6.07, 6.45) is 10.3. The van der Waals surface area contributed by atoms with E-state index in [0.717, 1.165) is 49.9 Å². The van der Waals surface area contributed by atoms with Crippen LogP contribution in [0.2, 0.25) is 13.1 Å². The second-order valence-electron chi connectivity index (χ2n) is 18.3. The van der Waals surface area contributed by atoms with Gasteiger partial charge in [0, 0.05) is 67.8 Å². The number of fused-ring (bicyclic) bond motifs is 4. The third kappa shape index (κ3) is 4.91. The molecule has 6 aliphatic rings. The van der Waals surface area contributed by atoms with Gasteiger partial charge in [0.05, 0.1) is 11.5 Å². The SMILES string of the molecule is CC1=CC(C)(C)N2CCCc3c2c1cc1c3[Si](C)(C)c2c3c4c(cc2=C1c1ccccc1C(=O)N1CCC(C(=O)O)CC1)C(C)=CC(C)(C)[N+]=4CCC3. The summed E-state index contributed by atoms with van der Waals surface area (Å²) in [6, 6.07) is 13.3. The lowest BCUT2D eigenvalue weighted by Crippen LogP contribution is -2.68. The van der Waals surface area contributed by atoms with Crippen molar-refractivity contribution in [2.45, 2.75) is 104 Å². The zero-order chi connectivity index (χ0) is 37.4. The molecular formula is C46H54N3O3Si+. The van der Waals surface area contributed by atoms with Crippen LogP contribution in [-0.2, 0) is 17.6 Å². The number of hydrogen-bond donors (Lipinski definition) is 1. The van der Waals surface area contributed by atoms with Gasteiger partial charge in [-0.05, 0) is 133 Å². The molecule has 274 valence electrons. The van der Waals surface area contributed by atoms with Crippen molar-refractivity contribution in [3.63, 3.8) is 0 Å². The molecule has 3 aromatic carbocycles. The first-order valence-electron chi connectivity index (χ1n) is 20.0. The molecule has 6 aliphatic heterocycles. The Morgan fingerprint density at radius 3 is 2.26 bits per heavy atom. The van der Waals surface area contributed by atoms with Crippen LogP contribution in [0.5, 0.6) is 0 Å². The van der Waals surface area contributed by atoms with Gasteiger partial charge in [0.15, 0.2) is 5.54 Å². The number of likely N-dealkylation sites (tertiary alicyclic amines) is 1. The number of carboxylic acids is 1. The molecule has 1 saturated heterocycles. The molecule has 9 rings (SSSR count). The van der Waals surface area contributed by atoms with E-state index >= 15 is 0 Å². The number of anilines is 1. The largest absolute Gasteiger partial charge is 0.481 e. The number of amides is 1. The fourth-order valence-corrected chi connectivity index (χ4v) is 15.5. The molecule has 0 atom stereocenters. The van der Waals surface area contributed by atoms with Crippen LogP contribution in [0.15, 0.2) is 48.6 Å². The van der Waals surface area contributed by atoms with Crippen molar-refractivity contribution in [1.29, 1.82) is 0 Å². The Hall–Kier alpha value is -4.23. The minimum atomic E-state index is -2.34. The standard InChI is InChI=1S/C46H53N3O3Si/c1-27-25-45(3,4)48-19-11-15-32-39(48)34(27)23-36-38(30-13-9-10-14-31(30)43(50)47-21-17-29(18-22-47)44(51)52)37-24-35-28(2)26-46(5,6)49-20-12-16-33(40(35)49)42(37)53(7,8)41(32)36/h9-10,13-14,23-26,29H,11-12,15-22H2,1-8H3/p+1. The third-order valence-corrected chi connectivity index (χ3v) is 17.3. The number of aliphatic carboxylic acids is 1. The second-order valence-corrected chi connectivity index (χ2v) is 22.5. The van der Waals surface area contributed by atoms with Gasteiger partial charge in [0.25, 0.3) is 5.91 Å². The molecule has 7 heteroatoms. The maximum atomic E-state index is 14.7. The van der Waals surface area contributed by atoms with E-state index in [0.29, 0.717) is 25.9 Å². The Labute approximate surface area is 315 Å². The van der Waals surface area contributed by atoms with Crippen LogP contribution in [0.4, 0.5) is 5.69 Å². The first-order valence-corrected chi connectivity index (χ1v) is 23.0. The van der Waals surface area contributed by atoms with Crippen molar-refractivity contribution in [3.05, 3.63) is 98.1 Å². The molecule has 0 spiro atoms. The fraction of sp³-hybridized carbons (Fsp3) is 0.457. The predicted molar refractivity (Wildman–Crippen MR) is 219 cm³/mol. The first-order chi connectivity index (χ1) is 25.1. The van der Waals surface area contributed by atoms with Gasteiger partial charge in [0.2, 0.25) is 5.36 Å². The van der Waals surface area contributed by atoms with E-state index in [-0.39, 0.29) is 22.9 Å². The predicted octanol–water partition coefficient (Wildman–Crippen LogP) is 5.59. The number of hydrogen-bond acceptors (Lipinski definition) is 3. The van der Waals surface area contributed by atoms with Crippen LogP contribution in [0, 0.1) is 5.92 Å². The molecule has 6 nitrogen and oxygen atoms in total.